The van der Waals surface area contributed by atoms with Crippen LogP contribution >= 0.6 is 0 Å². The predicted molar refractivity (Wildman–Crippen MR) is 122 cm³/mol. The minimum atomic E-state index is -3.92. The lowest BCUT2D eigenvalue weighted by atomic mass is 9.86. The van der Waals surface area contributed by atoms with Crippen LogP contribution in [-0.4, -0.2) is 66.6 Å². The molecule has 1 saturated carbocycles. The van der Waals surface area contributed by atoms with Crippen LogP contribution in [0.5, 0.6) is 0 Å². The van der Waals surface area contributed by atoms with Gasteiger partial charge in [0.15, 0.2) is 0 Å². The van der Waals surface area contributed by atoms with Crippen LogP contribution in [0.25, 0.3) is 0 Å². The van der Waals surface area contributed by atoms with Crippen molar-refractivity contribution in [1.29, 1.82) is 0 Å². The van der Waals surface area contributed by atoms with E-state index in [1.807, 2.05) is 0 Å². The Morgan fingerprint density at radius 1 is 1.12 bits per heavy atom. The fourth-order valence-corrected chi connectivity index (χ4v) is 6.15. The number of carbonyl (C=O) groups excluding carboxylic acids is 2. The van der Waals surface area contributed by atoms with Gasteiger partial charge in [-0.1, -0.05) is 25.8 Å². The van der Waals surface area contributed by atoms with E-state index in [0.717, 1.165) is 25.3 Å². The number of carbonyl (C=O) groups is 2. The zero-order chi connectivity index (χ0) is 24.2. The average Bonchev–Trinajstić information content (AvgIpc) is 2.79. The molecule has 1 saturated heterocycles. The molecular weight excluding hydrogens is 448 g/mol. The van der Waals surface area contributed by atoms with E-state index >= 15 is 0 Å². The number of hydrogen-bond donors (Lipinski definition) is 1. The Morgan fingerprint density at radius 2 is 1.79 bits per heavy atom. The van der Waals surface area contributed by atoms with Gasteiger partial charge in [-0.3, -0.25) is 19.7 Å². The molecule has 3 rings (SSSR count). The standard InChI is InChI=1S/C22H32N4O6S/c1-16-5-3-4-6-19(16)23-21(27)9-10-22(28)24-11-13-25(14-12-24)33(31,32)20-15-18(26(29)30)8-7-17(20)2/h7-8,15-16,19H,3-6,9-14H2,1-2H3,(H,23,27). The minimum Gasteiger partial charge on any atom is -0.353 e. The third-order valence-corrected chi connectivity index (χ3v) is 8.66. The Kier molecular flexibility index (Phi) is 8.06. The maximum atomic E-state index is 13.0. The van der Waals surface area contributed by atoms with Gasteiger partial charge in [0.1, 0.15) is 0 Å². The second kappa shape index (κ2) is 10.6. The summed E-state index contributed by atoms with van der Waals surface area (Å²) in [5.41, 5.74) is 0.145. The smallest absolute Gasteiger partial charge is 0.270 e. The molecule has 1 N–H and O–H groups in total. The topological polar surface area (TPSA) is 130 Å². The molecule has 2 unspecified atom stereocenters. The summed E-state index contributed by atoms with van der Waals surface area (Å²) in [5, 5.41) is 14.1. The Balaban J connectivity index is 1.52. The summed E-state index contributed by atoms with van der Waals surface area (Å²) in [6.45, 7) is 4.36. The van der Waals surface area contributed by atoms with Crippen LogP contribution in [-0.2, 0) is 19.6 Å². The number of benzene rings is 1. The zero-order valence-corrected chi connectivity index (χ0v) is 20.0. The summed E-state index contributed by atoms with van der Waals surface area (Å²) >= 11 is 0. The number of hydrogen-bond acceptors (Lipinski definition) is 6. The first-order chi connectivity index (χ1) is 15.6. The van der Waals surface area contributed by atoms with Crippen molar-refractivity contribution in [3.05, 3.63) is 33.9 Å². The maximum absolute atomic E-state index is 13.0. The van der Waals surface area contributed by atoms with Crippen LogP contribution in [0.3, 0.4) is 0 Å². The van der Waals surface area contributed by atoms with E-state index in [4.69, 9.17) is 0 Å². The van der Waals surface area contributed by atoms with Gasteiger partial charge in [-0.05, 0) is 31.2 Å². The van der Waals surface area contributed by atoms with Gasteiger partial charge in [-0.25, -0.2) is 8.42 Å². The van der Waals surface area contributed by atoms with Crippen molar-refractivity contribution < 1.29 is 22.9 Å². The zero-order valence-electron chi connectivity index (χ0n) is 19.2. The third-order valence-electron chi connectivity index (χ3n) is 6.62. The lowest BCUT2D eigenvalue weighted by Crippen LogP contribution is -2.50. The van der Waals surface area contributed by atoms with Crippen molar-refractivity contribution in [2.45, 2.75) is 63.3 Å². The van der Waals surface area contributed by atoms with E-state index in [0.29, 0.717) is 11.5 Å². The molecule has 1 aromatic rings. The van der Waals surface area contributed by atoms with Crippen molar-refractivity contribution in [1.82, 2.24) is 14.5 Å². The van der Waals surface area contributed by atoms with Gasteiger partial charge < -0.3 is 10.2 Å². The van der Waals surface area contributed by atoms with Crippen molar-refractivity contribution in [3.63, 3.8) is 0 Å². The Bertz CT molecular complexity index is 1000. The first kappa shape index (κ1) is 25.1. The predicted octanol–water partition coefficient (Wildman–Crippen LogP) is 2.21. The normalized spacial score (nSPS) is 22.1. The molecule has 33 heavy (non-hydrogen) atoms. The highest BCUT2D eigenvalue weighted by atomic mass is 32.2. The number of sulfonamides is 1. The first-order valence-electron chi connectivity index (χ1n) is 11.4. The Hall–Kier alpha value is -2.53. The average molecular weight is 481 g/mol. The Labute approximate surface area is 194 Å². The number of nitrogens with one attached hydrogen (secondary N) is 1. The third kappa shape index (κ3) is 6.08. The van der Waals surface area contributed by atoms with Crippen LogP contribution in [0.15, 0.2) is 23.1 Å². The number of nitro groups is 1. The van der Waals surface area contributed by atoms with Gasteiger partial charge in [-0.15, -0.1) is 0 Å². The molecule has 182 valence electrons. The molecule has 1 aromatic carbocycles. The summed E-state index contributed by atoms with van der Waals surface area (Å²) in [4.78, 5) is 36.7. The second-order valence-electron chi connectivity index (χ2n) is 8.93. The van der Waals surface area contributed by atoms with Gasteiger partial charge in [0.05, 0.1) is 9.82 Å². The monoisotopic (exact) mass is 480 g/mol. The molecular formula is C22H32N4O6S. The summed E-state index contributed by atoms with van der Waals surface area (Å²) < 4.78 is 27.3. The van der Waals surface area contributed by atoms with Crippen molar-refractivity contribution in [2.24, 2.45) is 5.92 Å². The van der Waals surface area contributed by atoms with Crippen LogP contribution in [0.4, 0.5) is 5.69 Å². The molecule has 1 heterocycles. The molecule has 0 spiro atoms. The van der Waals surface area contributed by atoms with E-state index in [9.17, 15) is 28.1 Å². The highest BCUT2D eigenvalue weighted by molar-refractivity contribution is 7.89. The maximum Gasteiger partial charge on any atom is 0.270 e. The van der Waals surface area contributed by atoms with Gasteiger partial charge in [0, 0.05) is 57.2 Å². The van der Waals surface area contributed by atoms with E-state index in [2.05, 4.69) is 12.2 Å². The fourth-order valence-electron chi connectivity index (χ4n) is 4.49. The Morgan fingerprint density at radius 3 is 2.42 bits per heavy atom. The van der Waals surface area contributed by atoms with Gasteiger partial charge >= 0.3 is 0 Å². The van der Waals surface area contributed by atoms with Crippen LogP contribution in [0, 0.1) is 23.0 Å². The molecule has 11 heteroatoms. The van der Waals surface area contributed by atoms with E-state index < -0.39 is 14.9 Å². The number of rotatable bonds is 7. The molecule has 2 atom stereocenters. The molecule has 0 bridgehead atoms. The number of aryl methyl sites for hydroxylation is 1. The van der Waals surface area contributed by atoms with Crippen LogP contribution in [0.2, 0.25) is 0 Å². The summed E-state index contributed by atoms with van der Waals surface area (Å²) in [6.07, 6.45) is 4.58. The van der Waals surface area contributed by atoms with E-state index in [-0.39, 0.29) is 67.5 Å². The number of non-ortho nitro benzene ring substituents is 1. The lowest BCUT2D eigenvalue weighted by molar-refractivity contribution is -0.385. The van der Waals surface area contributed by atoms with Gasteiger partial charge in [0.2, 0.25) is 21.8 Å². The van der Waals surface area contributed by atoms with E-state index in [1.54, 1.807) is 11.8 Å². The quantitative estimate of drug-likeness (QED) is 0.470. The number of amides is 2. The molecule has 2 fully saturated rings. The van der Waals surface area contributed by atoms with Crippen LogP contribution < -0.4 is 5.32 Å². The van der Waals surface area contributed by atoms with E-state index in [1.165, 1.54) is 22.9 Å². The molecule has 0 aromatic heterocycles. The highest BCUT2D eigenvalue weighted by Gasteiger charge is 2.32. The number of nitrogens with zero attached hydrogens (tertiary/aromatic N) is 3. The molecule has 1 aliphatic heterocycles. The summed E-state index contributed by atoms with van der Waals surface area (Å²) in [6, 6.07) is 3.95. The van der Waals surface area contributed by atoms with Crippen molar-refractivity contribution >= 4 is 27.5 Å². The van der Waals surface area contributed by atoms with Gasteiger partial charge in [0.25, 0.3) is 5.69 Å². The first-order valence-corrected chi connectivity index (χ1v) is 12.9. The molecule has 2 aliphatic rings. The van der Waals surface area contributed by atoms with Crippen molar-refractivity contribution in [3.8, 4) is 0 Å². The lowest BCUT2D eigenvalue weighted by Gasteiger charge is -2.34. The second-order valence-corrected chi connectivity index (χ2v) is 10.8. The molecule has 0 radical (unpaired) electrons. The summed E-state index contributed by atoms with van der Waals surface area (Å²) in [5.74, 6) is 0.151. The fraction of sp³-hybridized carbons (Fsp3) is 0.636. The number of nitro benzene ring substituents is 1. The molecule has 2 amide bonds. The largest absolute Gasteiger partial charge is 0.353 e. The van der Waals surface area contributed by atoms with Crippen molar-refractivity contribution in [2.75, 3.05) is 26.2 Å². The number of piperazine rings is 1. The van der Waals surface area contributed by atoms with Crippen LogP contribution in [0.1, 0.15) is 51.0 Å². The van der Waals surface area contributed by atoms with Gasteiger partial charge in [-0.2, -0.15) is 4.31 Å². The molecule has 10 nitrogen and oxygen atoms in total. The summed E-state index contributed by atoms with van der Waals surface area (Å²) in [7, 11) is -3.92. The minimum absolute atomic E-state index is 0.0870. The SMILES string of the molecule is Cc1ccc([N+](=O)[O-])cc1S(=O)(=O)N1CCN(C(=O)CCC(=O)NC2CCCCC2C)CC1. The highest BCUT2D eigenvalue weighted by Crippen LogP contribution is 2.26. The molecule has 1 aliphatic carbocycles.